The van der Waals surface area contributed by atoms with Gasteiger partial charge in [-0.15, -0.1) is 0 Å². The number of sulfonamides is 1. The first-order chi connectivity index (χ1) is 11.6. The molecule has 126 valence electrons. The molecule has 0 aliphatic carbocycles. The molecule has 1 saturated heterocycles. The maximum absolute atomic E-state index is 12.9. The fourth-order valence-electron chi connectivity index (χ4n) is 3.45. The van der Waals surface area contributed by atoms with E-state index < -0.39 is 10.0 Å². The van der Waals surface area contributed by atoms with E-state index in [0.29, 0.717) is 29.1 Å². The predicted molar refractivity (Wildman–Crippen MR) is 92.5 cm³/mol. The molecule has 0 atom stereocenters. The van der Waals surface area contributed by atoms with Crippen molar-refractivity contribution in [3.8, 4) is 0 Å². The number of anilines is 1. The van der Waals surface area contributed by atoms with Crippen molar-refractivity contribution >= 4 is 32.4 Å². The zero-order valence-electron chi connectivity index (χ0n) is 13.2. The van der Waals surface area contributed by atoms with Gasteiger partial charge in [-0.25, -0.2) is 8.42 Å². The fourth-order valence-corrected chi connectivity index (χ4v) is 5.11. The van der Waals surface area contributed by atoms with Crippen LogP contribution in [0.3, 0.4) is 0 Å². The molecular weight excluding hydrogens is 326 g/mol. The maximum Gasteiger partial charge on any atom is 0.265 e. The number of carbonyl (C=O) groups is 1. The van der Waals surface area contributed by atoms with Gasteiger partial charge in [0.25, 0.3) is 10.0 Å². The zero-order valence-corrected chi connectivity index (χ0v) is 14.1. The summed E-state index contributed by atoms with van der Waals surface area (Å²) in [6, 6.07) is 10.7. The van der Waals surface area contributed by atoms with Gasteiger partial charge in [-0.1, -0.05) is 24.3 Å². The predicted octanol–water partition coefficient (Wildman–Crippen LogP) is 1.17. The summed E-state index contributed by atoms with van der Waals surface area (Å²) in [5.41, 5.74) is 0.601. The molecule has 0 bridgehead atoms. The summed E-state index contributed by atoms with van der Waals surface area (Å²) in [6.45, 7) is 2.77. The highest BCUT2D eigenvalue weighted by atomic mass is 32.2. The molecule has 2 aromatic carbocycles. The van der Waals surface area contributed by atoms with Crippen LogP contribution < -0.4 is 9.62 Å². The van der Waals surface area contributed by atoms with Crippen molar-refractivity contribution < 1.29 is 13.2 Å². The molecule has 0 aromatic heterocycles. The molecule has 4 rings (SSSR count). The molecule has 1 N–H and O–H groups in total. The van der Waals surface area contributed by atoms with Crippen LogP contribution >= 0.6 is 0 Å². The van der Waals surface area contributed by atoms with Crippen LogP contribution in [0.4, 0.5) is 5.69 Å². The number of hydrogen-bond acceptors (Lipinski definition) is 4. The van der Waals surface area contributed by atoms with Gasteiger partial charge in [0.15, 0.2) is 0 Å². The lowest BCUT2D eigenvalue weighted by atomic mass is 10.1. The Labute approximate surface area is 141 Å². The Morgan fingerprint density at radius 3 is 2.71 bits per heavy atom. The van der Waals surface area contributed by atoms with Gasteiger partial charge in [0, 0.05) is 25.0 Å². The van der Waals surface area contributed by atoms with Crippen LogP contribution in [-0.4, -0.2) is 51.9 Å². The molecule has 2 heterocycles. The van der Waals surface area contributed by atoms with Gasteiger partial charge >= 0.3 is 0 Å². The SMILES string of the molecule is O=C(CN1c2cccc3cccc(c23)S1(=O)=O)N1CCCNCC1. The van der Waals surface area contributed by atoms with Crippen molar-refractivity contribution in [2.24, 2.45) is 0 Å². The summed E-state index contributed by atoms with van der Waals surface area (Å²) in [6.07, 6.45) is 0.883. The molecule has 2 aromatic rings. The first-order valence-electron chi connectivity index (χ1n) is 8.12. The highest BCUT2D eigenvalue weighted by Crippen LogP contribution is 2.41. The summed E-state index contributed by atoms with van der Waals surface area (Å²) in [4.78, 5) is 14.7. The summed E-state index contributed by atoms with van der Waals surface area (Å²) in [5, 5.41) is 4.84. The second kappa shape index (κ2) is 5.75. The average molecular weight is 345 g/mol. The summed E-state index contributed by atoms with van der Waals surface area (Å²) < 4.78 is 27.0. The molecule has 0 radical (unpaired) electrons. The van der Waals surface area contributed by atoms with Gasteiger partial charge in [-0.2, -0.15) is 0 Å². The molecular formula is C17H19N3O3S. The molecule has 0 saturated carbocycles. The van der Waals surface area contributed by atoms with Crippen LogP contribution in [0, 0.1) is 0 Å². The van der Waals surface area contributed by atoms with E-state index in [1.54, 1.807) is 23.1 Å². The van der Waals surface area contributed by atoms with Gasteiger partial charge < -0.3 is 10.2 Å². The minimum Gasteiger partial charge on any atom is -0.340 e. The minimum atomic E-state index is -3.67. The quantitative estimate of drug-likeness (QED) is 0.887. The van der Waals surface area contributed by atoms with Gasteiger partial charge in [0.2, 0.25) is 5.91 Å². The third-order valence-corrected chi connectivity index (χ3v) is 6.45. The van der Waals surface area contributed by atoms with Crippen LogP contribution in [0.1, 0.15) is 6.42 Å². The Hall–Kier alpha value is -2.12. The minimum absolute atomic E-state index is 0.143. The first-order valence-corrected chi connectivity index (χ1v) is 9.56. The number of benzene rings is 2. The number of nitrogens with zero attached hydrogens (tertiary/aromatic N) is 2. The van der Waals surface area contributed by atoms with Crippen molar-refractivity contribution in [3.05, 3.63) is 36.4 Å². The van der Waals surface area contributed by atoms with Crippen molar-refractivity contribution in [1.29, 1.82) is 0 Å². The molecule has 0 spiro atoms. The smallest absolute Gasteiger partial charge is 0.265 e. The van der Waals surface area contributed by atoms with E-state index >= 15 is 0 Å². The van der Waals surface area contributed by atoms with Crippen LogP contribution in [-0.2, 0) is 14.8 Å². The van der Waals surface area contributed by atoms with E-state index in [9.17, 15) is 13.2 Å². The molecule has 0 unspecified atom stereocenters. The Bertz CT molecular complexity index is 897. The summed E-state index contributed by atoms with van der Waals surface area (Å²) >= 11 is 0. The van der Waals surface area contributed by atoms with E-state index in [2.05, 4.69) is 5.32 Å². The highest BCUT2D eigenvalue weighted by molar-refractivity contribution is 7.93. The van der Waals surface area contributed by atoms with E-state index in [0.717, 1.165) is 24.9 Å². The largest absolute Gasteiger partial charge is 0.340 e. The highest BCUT2D eigenvalue weighted by Gasteiger charge is 2.37. The molecule has 1 fully saturated rings. The fraction of sp³-hybridized carbons (Fsp3) is 0.353. The summed E-state index contributed by atoms with van der Waals surface area (Å²) in [5.74, 6) is -0.146. The molecule has 1 amide bonds. The van der Waals surface area contributed by atoms with E-state index in [-0.39, 0.29) is 12.5 Å². The lowest BCUT2D eigenvalue weighted by Crippen LogP contribution is -2.43. The Kier molecular flexibility index (Phi) is 3.69. The van der Waals surface area contributed by atoms with E-state index in [1.807, 2.05) is 18.2 Å². The number of rotatable bonds is 2. The third-order valence-electron chi connectivity index (χ3n) is 4.65. The molecule has 6 nitrogen and oxygen atoms in total. The van der Waals surface area contributed by atoms with Crippen molar-refractivity contribution in [3.63, 3.8) is 0 Å². The van der Waals surface area contributed by atoms with E-state index in [4.69, 9.17) is 0 Å². The first kappa shape index (κ1) is 15.4. The number of carbonyl (C=O) groups excluding carboxylic acids is 1. The second-order valence-corrected chi connectivity index (χ2v) is 7.96. The molecule has 2 aliphatic heterocycles. The number of nitrogens with one attached hydrogen (secondary N) is 1. The van der Waals surface area contributed by atoms with Crippen molar-refractivity contribution in [1.82, 2.24) is 10.2 Å². The number of hydrogen-bond donors (Lipinski definition) is 1. The number of amides is 1. The normalized spacial score (nSPS) is 19.5. The second-order valence-electron chi connectivity index (χ2n) is 6.13. The molecule has 24 heavy (non-hydrogen) atoms. The topological polar surface area (TPSA) is 69.7 Å². The van der Waals surface area contributed by atoms with Crippen LogP contribution in [0.15, 0.2) is 41.3 Å². The van der Waals surface area contributed by atoms with Crippen molar-refractivity contribution in [2.75, 3.05) is 37.0 Å². The lowest BCUT2D eigenvalue weighted by molar-refractivity contribution is -0.129. The van der Waals surface area contributed by atoms with Crippen LogP contribution in [0.25, 0.3) is 10.8 Å². The van der Waals surface area contributed by atoms with Gasteiger partial charge in [-0.3, -0.25) is 9.10 Å². The van der Waals surface area contributed by atoms with Crippen LogP contribution in [0.2, 0.25) is 0 Å². The molecule has 2 aliphatic rings. The Balaban J connectivity index is 1.69. The standard InChI is InChI=1S/C17H19N3O3S/c21-16(19-10-3-8-18-9-11-19)12-20-14-6-1-4-13-5-2-7-15(17(13)14)24(20,22)23/h1-2,4-7,18H,3,8-12H2. The third kappa shape index (κ3) is 2.35. The Morgan fingerprint density at radius 2 is 1.88 bits per heavy atom. The van der Waals surface area contributed by atoms with Gasteiger partial charge in [0.1, 0.15) is 6.54 Å². The molecule has 7 heteroatoms. The van der Waals surface area contributed by atoms with Crippen molar-refractivity contribution in [2.45, 2.75) is 11.3 Å². The maximum atomic E-state index is 12.9. The van der Waals surface area contributed by atoms with Gasteiger partial charge in [-0.05, 0) is 30.5 Å². The van der Waals surface area contributed by atoms with Crippen LogP contribution in [0.5, 0.6) is 0 Å². The van der Waals surface area contributed by atoms with Gasteiger partial charge in [0.05, 0.1) is 10.6 Å². The average Bonchev–Trinajstić information content (AvgIpc) is 2.79. The monoisotopic (exact) mass is 345 g/mol. The van der Waals surface area contributed by atoms with E-state index in [1.165, 1.54) is 4.31 Å². The lowest BCUT2D eigenvalue weighted by Gasteiger charge is -2.24. The Morgan fingerprint density at radius 1 is 1.08 bits per heavy atom. The summed E-state index contributed by atoms with van der Waals surface area (Å²) in [7, 11) is -3.67. The zero-order chi connectivity index (χ0) is 16.7.